The average molecular weight is 396 g/mol. The maximum absolute atomic E-state index is 12.5. The van der Waals surface area contributed by atoms with E-state index in [1.54, 1.807) is 18.3 Å². The lowest BCUT2D eigenvalue weighted by Gasteiger charge is -2.28. The number of piperidine rings is 1. The Morgan fingerprint density at radius 3 is 2.66 bits per heavy atom. The summed E-state index contributed by atoms with van der Waals surface area (Å²) >= 11 is 0. The molecule has 2 aliphatic rings. The van der Waals surface area contributed by atoms with Crippen LogP contribution in [0.1, 0.15) is 66.8 Å². The number of carbonyl (C=O) groups is 1. The van der Waals surface area contributed by atoms with Crippen LogP contribution in [0.5, 0.6) is 5.88 Å². The zero-order valence-electron chi connectivity index (χ0n) is 17.1. The first kappa shape index (κ1) is 19.6. The van der Waals surface area contributed by atoms with Gasteiger partial charge in [0.1, 0.15) is 17.7 Å². The van der Waals surface area contributed by atoms with Gasteiger partial charge in [0, 0.05) is 37.1 Å². The van der Waals surface area contributed by atoms with Crippen LogP contribution in [0.25, 0.3) is 0 Å². The number of nitrogens with one attached hydrogen (secondary N) is 1. The number of hydrogen-bond donors (Lipinski definition) is 1. The van der Waals surface area contributed by atoms with Crippen molar-refractivity contribution in [2.45, 2.75) is 64.5 Å². The summed E-state index contributed by atoms with van der Waals surface area (Å²) in [6.45, 7) is 4.32. The van der Waals surface area contributed by atoms with E-state index in [2.05, 4.69) is 25.2 Å². The minimum atomic E-state index is -0.186. The molecule has 0 aromatic carbocycles. The fraction of sp³-hybridized carbons (Fsp3) is 0.545. The third-order valence-electron chi connectivity index (χ3n) is 5.56. The summed E-state index contributed by atoms with van der Waals surface area (Å²) < 4.78 is 5.86. The van der Waals surface area contributed by atoms with Crippen LogP contribution in [0.15, 0.2) is 24.4 Å². The van der Waals surface area contributed by atoms with E-state index < -0.39 is 0 Å². The summed E-state index contributed by atoms with van der Waals surface area (Å²) in [5.74, 6) is 1.99. The van der Waals surface area contributed by atoms with Gasteiger partial charge in [-0.2, -0.15) is 0 Å². The number of hydrogen-bond acceptors (Lipinski definition) is 6. The van der Waals surface area contributed by atoms with Crippen LogP contribution in [0.4, 0.5) is 5.82 Å². The predicted octanol–water partition coefficient (Wildman–Crippen LogP) is 3.42. The number of carbonyl (C=O) groups excluding carboxylic acids is 1. The van der Waals surface area contributed by atoms with Crippen LogP contribution in [-0.4, -0.2) is 40.1 Å². The van der Waals surface area contributed by atoms with Gasteiger partial charge in [-0.1, -0.05) is 0 Å². The van der Waals surface area contributed by atoms with E-state index in [0.29, 0.717) is 23.8 Å². The van der Waals surface area contributed by atoms with Crippen LogP contribution in [0.3, 0.4) is 0 Å². The highest BCUT2D eigenvalue weighted by Crippen LogP contribution is 2.23. The molecule has 2 fully saturated rings. The van der Waals surface area contributed by atoms with Gasteiger partial charge in [0.05, 0.1) is 12.1 Å². The summed E-state index contributed by atoms with van der Waals surface area (Å²) in [6.07, 6.45) is 10.1. The van der Waals surface area contributed by atoms with Crippen LogP contribution in [-0.2, 0) is 6.54 Å². The van der Waals surface area contributed by atoms with Crippen molar-refractivity contribution in [2.75, 3.05) is 18.0 Å². The number of rotatable bonds is 6. The molecule has 1 aliphatic heterocycles. The summed E-state index contributed by atoms with van der Waals surface area (Å²) in [5, 5.41) is 2.90. The lowest BCUT2D eigenvalue weighted by atomic mass is 10.1. The smallest absolute Gasteiger partial charge is 0.253 e. The first-order valence-electron chi connectivity index (χ1n) is 10.7. The molecule has 1 saturated carbocycles. The van der Waals surface area contributed by atoms with Crippen molar-refractivity contribution in [1.82, 2.24) is 20.3 Å². The lowest BCUT2D eigenvalue weighted by Crippen LogP contribution is -2.31. The lowest BCUT2D eigenvalue weighted by molar-refractivity contribution is 0.0949. The molecular formula is C22H29N5O2. The standard InChI is InChI=1S/C22H29N5O2/c1-16-13-20(27-11-5-2-6-12-27)26-19(25-16)15-24-22(28)17-9-10-21(23-14-17)29-18-7-3-4-8-18/h9-10,13-14,18H,2-8,11-12,15H2,1H3,(H,24,28). The van der Waals surface area contributed by atoms with E-state index >= 15 is 0 Å². The second kappa shape index (κ2) is 9.20. The number of nitrogens with zero attached hydrogens (tertiary/aromatic N) is 4. The maximum atomic E-state index is 12.5. The number of anilines is 1. The summed E-state index contributed by atoms with van der Waals surface area (Å²) in [4.78, 5) is 28.2. The number of ether oxygens (including phenoxy) is 1. The van der Waals surface area contributed by atoms with Crippen molar-refractivity contribution < 1.29 is 9.53 Å². The van der Waals surface area contributed by atoms with E-state index in [9.17, 15) is 4.79 Å². The molecule has 0 spiro atoms. The zero-order chi connectivity index (χ0) is 20.1. The van der Waals surface area contributed by atoms with Crippen molar-refractivity contribution in [3.63, 3.8) is 0 Å². The molecule has 2 aromatic heterocycles. The molecule has 1 amide bonds. The first-order chi connectivity index (χ1) is 14.2. The van der Waals surface area contributed by atoms with Gasteiger partial charge in [-0.3, -0.25) is 4.79 Å². The van der Waals surface area contributed by atoms with Gasteiger partial charge in [-0.15, -0.1) is 0 Å². The fourth-order valence-corrected chi connectivity index (χ4v) is 4.00. The average Bonchev–Trinajstić information content (AvgIpc) is 3.26. The topological polar surface area (TPSA) is 80.2 Å². The van der Waals surface area contributed by atoms with E-state index in [1.165, 1.54) is 32.1 Å². The summed E-state index contributed by atoms with van der Waals surface area (Å²) in [7, 11) is 0. The summed E-state index contributed by atoms with van der Waals surface area (Å²) in [5.41, 5.74) is 1.42. The SMILES string of the molecule is Cc1cc(N2CCCCC2)nc(CNC(=O)c2ccc(OC3CCCC3)nc2)n1. The van der Waals surface area contributed by atoms with E-state index in [4.69, 9.17) is 4.74 Å². The van der Waals surface area contributed by atoms with Gasteiger partial charge in [0.15, 0.2) is 0 Å². The van der Waals surface area contributed by atoms with Crippen molar-refractivity contribution in [1.29, 1.82) is 0 Å². The Bertz CT molecular complexity index is 828. The van der Waals surface area contributed by atoms with Crippen LogP contribution in [0, 0.1) is 6.92 Å². The number of aromatic nitrogens is 3. The van der Waals surface area contributed by atoms with Gasteiger partial charge >= 0.3 is 0 Å². The Labute approximate surface area is 171 Å². The largest absolute Gasteiger partial charge is 0.474 e. The molecule has 2 aromatic rings. The minimum Gasteiger partial charge on any atom is -0.474 e. The predicted molar refractivity (Wildman–Crippen MR) is 111 cm³/mol. The molecule has 0 atom stereocenters. The molecule has 0 radical (unpaired) electrons. The first-order valence-corrected chi connectivity index (χ1v) is 10.7. The minimum absolute atomic E-state index is 0.186. The van der Waals surface area contributed by atoms with Crippen molar-refractivity contribution in [3.05, 3.63) is 41.5 Å². The third-order valence-corrected chi connectivity index (χ3v) is 5.56. The highest BCUT2D eigenvalue weighted by atomic mass is 16.5. The van der Waals surface area contributed by atoms with Gasteiger partial charge in [0.25, 0.3) is 5.91 Å². The molecular weight excluding hydrogens is 366 g/mol. The Kier molecular flexibility index (Phi) is 6.22. The molecule has 154 valence electrons. The summed E-state index contributed by atoms with van der Waals surface area (Å²) in [6, 6.07) is 5.54. The Morgan fingerprint density at radius 2 is 1.93 bits per heavy atom. The maximum Gasteiger partial charge on any atom is 0.253 e. The van der Waals surface area contributed by atoms with Crippen LogP contribution >= 0.6 is 0 Å². The fourth-order valence-electron chi connectivity index (χ4n) is 4.00. The number of aryl methyl sites for hydroxylation is 1. The normalized spacial score (nSPS) is 17.3. The molecule has 0 bridgehead atoms. The number of amides is 1. The molecule has 7 nitrogen and oxygen atoms in total. The number of pyridine rings is 1. The molecule has 29 heavy (non-hydrogen) atoms. The Hall–Kier alpha value is -2.70. The molecule has 1 N–H and O–H groups in total. The Balaban J connectivity index is 1.34. The van der Waals surface area contributed by atoms with E-state index in [0.717, 1.165) is 37.4 Å². The quantitative estimate of drug-likeness (QED) is 0.807. The Morgan fingerprint density at radius 1 is 1.14 bits per heavy atom. The molecule has 1 aliphatic carbocycles. The van der Waals surface area contributed by atoms with Crippen LogP contribution in [0.2, 0.25) is 0 Å². The van der Waals surface area contributed by atoms with Gasteiger partial charge < -0.3 is 15.0 Å². The third kappa shape index (κ3) is 5.22. The second-order valence-corrected chi connectivity index (χ2v) is 7.92. The van der Waals surface area contributed by atoms with E-state index in [1.807, 2.05) is 13.0 Å². The van der Waals surface area contributed by atoms with Gasteiger partial charge in [-0.05, 0) is 57.9 Å². The monoisotopic (exact) mass is 395 g/mol. The van der Waals surface area contributed by atoms with E-state index in [-0.39, 0.29) is 12.0 Å². The molecule has 1 saturated heterocycles. The molecule has 7 heteroatoms. The molecule has 0 unspecified atom stereocenters. The molecule has 4 rings (SSSR count). The zero-order valence-corrected chi connectivity index (χ0v) is 17.1. The van der Waals surface area contributed by atoms with Crippen molar-refractivity contribution in [3.8, 4) is 5.88 Å². The second-order valence-electron chi connectivity index (χ2n) is 7.92. The van der Waals surface area contributed by atoms with Crippen molar-refractivity contribution in [2.24, 2.45) is 0 Å². The van der Waals surface area contributed by atoms with Gasteiger partial charge in [0.2, 0.25) is 5.88 Å². The highest BCUT2D eigenvalue weighted by Gasteiger charge is 2.18. The highest BCUT2D eigenvalue weighted by molar-refractivity contribution is 5.93. The van der Waals surface area contributed by atoms with Crippen LogP contribution < -0.4 is 15.0 Å². The van der Waals surface area contributed by atoms with Gasteiger partial charge in [-0.25, -0.2) is 15.0 Å². The van der Waals surface area contributed by atoms with Crippen molar-refractivity contribution >= 4 is 11.7 Å². The molecule has 3 heterocycles.